The fourth-order valence-electron chi connectivity index (χ4n) is 2.99. The van der Waals surface area contributed by atoms with Crippen LogP contribution in [0.15, 0.2) is 24.3 Å². The minimum Gasteiger partial charge on any atom is -0.481 e. The van der Waals surface area contributed by atoms with Gasteiger partial charge in [-0.25, -0.2) is 0 Å². The second-order valence-corrected chi connectivity index (χ2v) is 7.70. The van der Waals surface area contributed by atoms with Gasteiger partial charge in [0.25, 0.3) is 5.91 Å². The van der Waals surface area contributed by atoms with E-state index in [1.54, 1.807) is 31.3 Å². The summed E-state index contributed by atoms with van der Waals surface area (Å²) in [5, 5.41) is 8.53. The number of amides is 3. The van der Waals surface area contributed by atoms with Crippen LogP contribution in [0, 0.1) is 18.3 Å². The van der Waals surface area contributed by atoms with Crippen LogP contribution < -0.4 is 26.4 Å². The van der Waals surface area contributed by atoms with E-state index in [9.17, 15) is 14.4 Å². The molecule has 170 valence electrons. The highest BCUT2D eigenvalue weighted by Crippen LogP contribution is 2.12. The summed E-state index contributed by atoms with van der Waals surface area (Å²) in [7, 11) is 1.71. The Labute approximate surface area is 184 Å². The zero-order valence-electron chi connectivity index (χ0n) is 18.6. The van der Waals surface area contributed by atoms with Crippen molar-refractivity contribution in [1.82, 2.24) is 16.0 Å². The van der Waals surface area contributed by atoms with Gasteiger partial charge >= 0.3 is 0 Å². The quantitative estimate of drug-likeness (QED) is 0.261. The van der Waals surface area contributed by atoms with Gasteiger partial charge in [0.05, 0.1) is 6.04 Å². The molecule has 3 amide bonds. The number of terminal acetylenes is 1. The summed E-state index contributed by atoms with van der Waals surface area (Å²) in [6, 6.07) is 5.59. The Hall–Kier alpha value is -3.05. The van der Waals surface area contributed by atoms with Crippen molar-refractivity contribution in [2.24, 2.45) is 11.7 Å². The zero-order chi connectivity index (χ0) is 23.2. The second kappa shape index (κ2) is 14.0. The topological polar surface area (TPSA) is 123 Å². The fourth-order valence-corrected chi connectivity index (χ4v) is 2.99. The Balaban J connectivity index is 2.39. The van der Waals surface area contributed by atoms with E-state index in [4.69, 9.17) is 16.9 Å². The summed E-state index contributed by atoms with van der Waals surface area (Å²) in [6.45, 7) is 4.67. The van der Waals surface area contributed by atoms with E-state index in [0.29, 0.717) is 49.5 Å². The number of primary amides is 1. The first-order valence-electron chi connectivity index (χ1n) is 10.5. The molecular formula is C23H34N4O4. The van der Waals surface area contributed by atoms with Gasteiger partial charge in [-0.3, -0.25) is 14.4 Å². The smallest absolute Gasteiger partial charge is 0.251 e. The molecule has 0 spiro atoms. The normalized spacial score (nSPS) is 12.5. The summed E-state index contributed by atoms with van der Waals surface area (Å²) in [5.41, 5.74) is 5.96. The molecule has 5 N–H and O–H groups in total. The molecule has 0 aliphatic heterocycles. The lowest BCUT2D eigenvalue weighted by molar-refractivity contribution is -0.129. The van der Waals surface area contributed by atoms with Gasteiger partial charge in [-0.1, -0.05) is 19.8 Å². The number of nitrogens with two attached hydrogens (primary N) is 1. The van der Waals surface area contributed by atoms with Gasteiger partial charge in [0.1, 0.15) is 18.4 Å². The van der Waals surface area contributed by atoms with E-state index in [2.05, 4.69) is 21.9 Å². The Kier molecular flexibility index (Phi) is 11.8. The van der Waals surface area contributed by atoms with Gasteiger partial charge in [0.2, 0.25) is 11.8 Å². The molecule has 0 saturated heterocycles. The number of ether oxygens (including phenoxy) is 1. The van der Waals surface area contributed by atoms with Crippen molar-refractivity contribution in [3.05, 3.63) is 29.8 Å². The first kappa shape index (κ1) is 26.0. The summed E-state index contributed by atoms with van der Waals surface area (Å²) in [4.78, 5) is 36.3. The highest BCUT2D eigenvalue weighted by Gasteiger charge is 2.23. The van der Waals surface area contributed by atoms with Crippen molar-refractivity contribution in [2.45, 2.75) is 51.6 Å². The molecule has 1 rings (SSSR count). The predicted octanol–water partition coefficient (Wildman–Crippen LogP) is 1.20. The number of hydrogen-bond donors (Lipinski definition) is 4. The zero-order valence-corrected chi connectivity index (χ0v) is 18.6. The molecule has 0 radical (unpaired) electrons. The van der Waals surface area contributed by atoms with Gasteiger partial charge in [-0.15, -0.1) is 6.42 Å². The molecule has 0 aliphatic rings. The van der Waals surface area contributed by atoms with Crippen molar-refractivity contribution in [3.63, 3.8) is 0 Å². The second-order valence-electron chi connectivity index (χ2n) is 7.70. The third kappa shape index (κ3) is 10.0. The molecule has 0 heterocycles. The van der Waals surface area contributed by atoms with Crippen LogP contribution in [0.4, 0.5) is 0 Å². The molecule has 8 heteroatoms. The highest BCUT2D eigenvalue weighted by molar-refractivity contribution is 5.94. The van der Waals surface area contributed by atoms with Crippen molar-refractivity contribution in [2.75, 3.05) is 20.2 Å². The molecule has 0 unspecified atom stereocenters. The molecular weight excluding hydrogens is 396 g/mol. The monoisotopic (exact) mass is 430 g/mol. The molecule has 0 aromatic heterocycles. The number of nitrogens with one attached hydrogen (secondary N) is 3. The highest BCUT2D eigenvalue weighted by atomic mass is 16.5. The lowest BCUT2D eigenvalue weighted by Gasteiger charge is -2.21. The predicted molar refractivity (Wildman–Crippen MR) is 120 cm³/mol. The van der Waals surface area contributed by atoms with E-state index >= 15 is 0 Å². The summed E-state index contributed by atoms with van der Waals surface area (Å²) in [6.07, 6.45) is 7.49. The van der Waals surface area contributed by atoms with Crippen LogP contribution in [0.2, 0.25) is 0 Å². The maximum atomic E-state index is 12.4. The minimum absolute atomic E-state index is 0.172. The van der Waals surface area contributed by atoms with Crippen LogP contribution in [-0.2, 0) is 9.59 Å². The first-order valence-corrected chi connectivity index (χ1v) is 10.5. The van der Waals surface area contributed by atoms with Gasteiger partial charge in [0, 0.05) is 12.1 Å². The maximum Gasteiger partial charge on any atom is 0.251 e. The first-order chi connectivity index (χ1) is 14.8. The largest absolute Gasteiger partial charge is 0.481 e. The van der Waals surface area contributed by atoms with E-state index in [-0.39, 0.29) is 24.5 Å². The Morgan fingerprint density at radius 3 is 2.35 bits per heavy atom. The number of hydrogen-bond acceptors (Lipinski definition) is 5. The number of rotatable bonds is 14. The SMILES string of the molecule is C#CCOc1ccc(C(=O)NCCCC[C@H](NC(=O)[C@H](CC(C)C)NC)C(N)=O)cc1. The van der Waals surface area contributed by atoms with Gasteiger partial charge in [0.15, 0.2) is 0 Å². The molecule has 1 aromatic carbocycles. The fraction of sp³-hybridized carbons (Fsp3) is 0.522. The van der Waals surface area contributed by atoms with Crippen molar-refractivity contribution in [1.29, 1.82) is 0 Å². The number of carbonyl (C=O) groups excluding carboxylic acids is 3. The molecule has 8 nitrogen and oxygen atoms in total. The van der Waals surface area contributed by atoms with Crippen LogP contribution >= 0.6 is 0 Å². The molecule has 0 bridgehead atoms. The average molecular weight is 431 g/mol. The van der Waals surface area contributed by atoms with Gasteiger partial charge < -0.3 is 26.4 Å². The van der Waals surface area contributed by atoms with E-state index in [0.717, 1.165) is 0 Å². The van der Waals surface area contributed by atoms with Crippen LogP contribution in [0.5, 0.6) is 5.75 Å². The molecule has 1 aromatic rings. The van der Waals surface area contributed by atoms with E-state index in [1.165, 1.54) is 0 Å². The van der Waals surface area contributed by atoms with Crippen LogP contribution in [0.25, 0.3) is 0 Å². The minimum atomic E-state index is -0.734. The van der Waals surface area contributed by atoms with Gasteiger partial charge in [-0.05, 0) is 62.9 Å². The summed E-state index contributed by atoms with van der Waals surface area (Å²) in [5.74, 6) is 2.32. The summed E-state index contributed by atoms with van der Waals surface area (Å²) >= 11 is 0. The van der Waals surface area contributed by atoms with Crippen LogP contribution in [0.1, 0.15) is 49.9 Å². The van der Waals surface area contributed by atoms with Crippen molar-refractivity contribution < 1.29 is 19.1 Å². The van der Waals surface area contributed by atoms with E-state index in [1.807, 2.05) is 13.8 Å². The summed E-state index contributed by atoms with van der Waals surface area (Å²) < 4.78 is 5.27. The molecule has 31 heavy (non-hydrogen) atoms. The maximum absolute atomic E-state index is 12.4. The van der Waals surface area contributed by atoms with Crippen molar-refractivity contribution in [3.8, 4) is 18.1 Å². The molecule has 2 atom stereocenters. The van der Waals surface area contributed by atoms with E-state index < -0.39 is 11.9 Å². The molecule has 0 fully saturated rings. The number of benzene rings is 1. The van der Waals surface area contributed by atoms with Crippen molar-refractivity contribution >= 4 is 17.7 Å². The Morgan fingerprint density at radius 1 is 1.13 bits per heavy atom. The standard InChI is InChI=1S/C23H34N4O4/c1-5-14-31-18-11-9-17(10-12-18)22(29)26-13-7-6-8-19(21(24)28)27-23(30)20(25-4)15-16(2)3/h1,9-12,16,19-20,25H,6-8,13-15H2,2-4H3,(H2,24,28)(H,26,29)(H,27,30)/t19-,20-/m0/s1. The number of carbonyl (C=O) groups is 3. The number of unbranched alkanes of at least 4 members (excludes halogenated alkanes) is 1. The average Bonchev–Trinajstić information content (AvgIpc) is 2.74. The van der Waals surface area contributed by atoms with Crippen LogP contribution in [-0.4, -0.2) is 50.0 Å². The lowest BCUT2D eigenvalue weighted by atomic mass is 10.0. The molecule has 0 saturated carbocycles. The lowest BCUT2D eigenvalue weighted by Crippen LogP contribution is -2.51. The Morgan fingerprint density at radius 2 is 1.81 bits per heavy atom. The van der Waals surface area contributed by atoms with Gasteiger partial charge in [-0.2, -0.15) is 0 Å². The molecule has 0 aliphatic carbocycles. The third-order valence-electron chi connectivity index (χ3n) is 4.68. The third-order valence-corrected chi connectivity index (χ3v) is 4.68. The Bertz CT molecular complexity index is 756. The number of likely N-dealkylation sites (N-methyl/N-ethyl adjacent to an activating group) is 1. The van der Waals surface area contributed by atoms with Crippen LogP contribution in [0.3, 0.4) is 0 Å².